The van der Waals surface area contributed by atoms with Crippen molar-refractivity contribution in [1.29, 1.82) is 0 Å². The average Bonchev–Trinajstić information content (AvgIpc) is 2.36. The molecule has 0 aliphatic carbocycles. The highest BCUT2D eigenvalue weighted by molar-refractivity contribution is 7.89. The minimum atomic E-state index is -3.38. The molecule has 106 valence electrons. The van der Waals surface area contributed by atoms with E-state index in [2.05, 4.69) is 4.72 Å². The van der Waals surface area contributed by atoms with E-state index >= 15 is 0 Å². The number of carbonyl (C=O) groups is 1. The summed E-state index contributed by atoms with van der Waals surface area (Å²) in [6, 6.07) is -0.687. The molecule has 0 unspecified atom stereocenters. The lowest BCUT2D eigenvalue weighted by atomic mass is 10.0. The molecule has 0 bridgehead atoms. The fourth-order valence-corrected chi connectivity index (χ4v) is 2.66. The molecule has 1 amide bonds. The van der Waals surface area contributed by atoms with E-state index in [1.807, 2.05) is 13.8 Å². The molecular formula is C11H22N2O4S. The van der Waals surface area contributed by atoms with Crippen LogP contribution in [0.3, 0.4) is 0 Å². The molecule has 1 fully saturated rings. The fraction of sp³-hybridized carbons (Fsp3) is 0.909. The Hall–Kier alpha value is -0.660. The third kappa shape index (κ3) is 4.22. The van der Waals surface area contributed by atoms with Gasteiger partial charge in [-0.2, -0.15) is 0 Å². The maximum Gasteiger partial charge on any atom is 0.241 e. The van der Waals surface area contributed by atoms with E-state index in [1.165, 1.54) is 0 Å². The summed E-state index contributed by atoms with van der Waals surface area (Å²) in [5, 5.41) is 0. The summed E-state index contributed by atoms with van der Waals surface area (Å²) in [4.78, 5) is 13.9. The first-order chi connectivity index (χ1) is 8.37. The minimum Gasteiger partial charge on any atom is -0.378 e. The second kappa shape index (κ2) is 6.49. The molecule has 1 N–H and O–H groups in total. The van der Waals surface area contributed by atoms with E-state index in [9.17, 15) is 13.2 Å². The van der Waals surface area contributed by atoms with Gasteiger partial charge in [0.15, 0.2) is 0 Å². The van der Waals surface area contributed by atoms with E-state index in [0.717, 1.165) is 0 Å². The molecule has 6 nitrogen and oxygen atoms in total. The molecule has 0 radical (unpaired) electrons. The molecule has 1 heterocycles. The molecule has 1 rings (SSSR count). The van der Waals surface area contributed by atoms with Gasteiger partial charge in [-0.1, -0.05) is 13.8 Å². The molecule has 0 spiro atoms. The highest BCUT2D eigenvalue weighted by atomic mass is 32.2. The van der Waals surface area contributed by atoms with Crippen molar-refractivity contribution in [2.24, 2.45) is 5.92 Å². The second-order valence-corrected chi connectivity index (χ2v) is 6.72. The van der Waals surface area contributed by atoms with Gasteiger partial charge >= 0.3 is 0 Å². The zero-order valence-electron chi connectivity index (χ0n) is 11.2. The van der Waals surface area contributed by atoms with E-state index in [4.69, 9.17) is 4.74 Å². The molecule has 1 aliphatic heterocycles. The topological polar surface area (TPSA) is 75.7 Å². The monoisotopic (exact) mass is 278 g/mol. The number of hydrogen-bond donors (Lipinski definition) is 1. The van der Waals surface area contributed by atoms with Gasteiger partial charge < -0.3 is 9.64 Å². The van der Waals surface area contributed by atoms with Gasteiger partial charge in [0.25, 0.3) is 0 Å². The summed E-state index contributed by atoms with van der Waals surface area (Å²) in [6.45, 7) is 7.29. The first kappa shape index (κ1) is 15.4. The number of ether oxygens (including phenoxy) is 1. The van der Waals surface area contributed by atoms with Gasteiger partial charge in [-0.15, -0.1) is 0 Å². The third-order valence-corrected chi connectivity index (χ3v) is 4.32. The van der Waals surface area contributed by atoms with Crippen LogP contribution in [0, 0.1) is 5.92 Å². The van der Waals surface area contributed by atoms with Crippen LogP contribution in [-0.2, 0) is 19.6 Å². The van der Waals surface area contributed by atoms with Crippen LogP contribution in [0.5, 0.6) is 0 Å². The van der Waals surface area contributed by atoms with Gasteiger partial charge in [0.05, 0.1) is 19.0 Å². The number of morpholine rings is 1. The van der Waals surface area contributed by atoms with Crippen molar-refractivity contribution < 1.29 is 17.9 Å². The average molecular weight is 278 g/mol. The van der Waals surface area contributed by atoms with E-state index in [1.54, 1.807) is 11.8 Å². The lowest BCUT2D eigenvalue weighted by Gasteiger charge is -2.32. The van der Waals surface area contributed by atoms with Gasteiger partial charge in [0.2, 0.25) is 15.9 Å². The Balaban J connectivity index is 2.75. The van der Waals surface area contributed by atoms with Crippen molar-refractivity contribution in [3.63, 3.8) is 0 Å². The number of nitrogens with zero attached hydrogens (tertiary/aromatic N) is 1. The molecule has 1 saturated heterocycles. The van der Waals surface area contributed by atoms with Gasteiger partial charge in [-0.25, -0.2) is 13.1 Å². The van der Waals surface area contributed by atoms with Crippen LogP contribution in [0.2, 0.25) is 0 Å². The van der Waals surface area contributed by atoms with Crippen LogP contribution >= 0.6 is 0 Å². The Morgan fingerprint density at radius 3 is 2.33 bits per heavy atom. The molecule has 7 heteroatoms. The van der Waals surface area contributed by atoms with Crippen LogP contribution in [-0.4, -0.2) is 57.3 Å². The molecule has 0 aromatic rings. The van der Waals surface area contributed by atoms with Crippen LogP contribution < -0.4 is 4.72 Å². The predicted molar refractivity (Wildman–Crippen MR) is 68.6 cm³/mol. The Bertz CT molecular complexity index is 375. The highest BCUT2D eigenvalue weighted by Crippen LogP contribution is 2.09. The second-order valence-electron chi connectivity index (χ2n) is 4.68. The lowest BCUT2D eigenvalue weighted by molar-refractivity contribution is -0.138. The normalized spacial score (nSPS) is 19.0. The number of sulfonamides is 1. The maximum atomic E-state index is 12.3. The summed E-state index contributed by atoms with van der Waals surface area (Å²) in [6.07, 6.45) is 0. The number of rotatable bonds is 5. The number of amides is 1. The van der Waals surface area contributed by atoms with E-state index < -0.39 is 16.1 Å². The Morgan fingerprint density at radius 2 is 1.89 bits per heavy atom. The molecule has 0 saturated carbocycles. The molecule has 1 atom stereocenters. The molecule has 0 aromatic carbocycles. The van der Waals surface area contributed by atoms with E-state index in [-0.39, 0.29) is 17.6 Å². The first-order valence-electron chi connectivity index (χ1n) is 6.24. The lowest BCUT2D eigenvalue weighted by Crippen LogP contribution is -2.54. The van der Waals surface area contributed by atoms with Crippen molar-refractivity contribution in [3.8, 4) is 0 Å². The van der Waals surface area contributed by atoms with Crippen molar-refractivity contribution >= 4 is 15.9 Å². The van der Waals surface area contributed by atoms with Crippen LogP contribution in [0.15, 0.2) is 0 Å². The summed E-state index contributed by atoms with van der Waals surface area (Å²) >= 11 is 0. The van der Waals surface area contributed by atoms with Crippen LogP contribution in [0.4, 0.5) is 0 Å². The summed E-state index contributed by atoms with van der Waals surface area (Å²) < 4.78 is 30.8. The third-order valence-electron chi connectivity index (χ3n) is 2.94. The summed E-state index contributed by atoms with van der Waals surface area (Å²) in [7, 11) is -3.38. The number of hydrogen-bond acceptors (Lipinski definition) is 4. The van der Waals surface area contributed by atoms with Crippen molar-refractivity contribution in [2.75, 3.05) is 32.1 Å². The van der Waals surface area contributed by atoms with Crippen molar-refractivity contribution in [3.05, 3.63) is 0 Å². The fourth-order valence-electron chi connectivity index (χ4n) is 1.73. The number of carbonyl (C=O) groups excluding carboxylic acids is 1. The molecule has 1 aliphatic rings. The standard InChI is InChI=1S/C11H22N2O4S/c1-4-18(15,16)12-10(9(2)3)11(14)13-5-7-17-8-6-13/h9-10,12H,4-8H2,1-3H3/t10-/m0/s1. The Morgan fingerprint density at radius 1 is 1.33 bits per heavy atom. The first-order valence-corrected chi connectivity index (χ1v) is 7.89. The van der Waals surface area contributed by atoms with Gasteiger partial charge in [0, 0.05) is 13.1 Å². The van der Waals surface area contributed by atoms with Crippen molar-refractivity contribution in [1.82, 2.24) is 9.62 Å². The smallest absolute Gasteiger partial charge is 0.241 e. The summed E-state index contributed by atoms with van der Waals surface area (Å²) in [5.41, 5.74) is 0. The zero-order valence-corrected chi connectivity index (χ0v) is 12.0. The largest absolute Gasteiger partial charge is 0.378 e. The molecule has 18 heavy (non-hydrogen) atoms. The van der Waals surface area contributed by atoms with Crippen LogP contribution in [0.1, 0.15) is 20.8 Å². The number of nitrogens with one attached hydrogen (secondary N) is 1. The zero-order chi connectivity index (χ0) is 13.8. The quantitative estimate of drug-likeness (QED) is 0.756. The van der Waals surface area contributed by atoms with E-state index in [0.29, 0.717) is 26.3 Å². The highest BCUT2D eigenvalue weighted by Gasteiger charge is 2.30. The molecule has 0 aromatic heterocycles. The Kier molecular flexibility index (Phi) is 5.55. The molecular weight excluding hydrogens is 256 g/mol. The maximum absolute atomic E-state index is 12.3. The van der Waals surface area contributed by atoms with Crippen molar-refractivity contribution in [2.45, 2.75) is 26.8 Å². The Labute approximate surface area is 109 Å². The van der Waals surface area contributed by atoms with Gasteiger partial charge in [0.1, 0.15) is 6.04 Å². The van der Waals surface area contributed by atoms with Gasteiger partial charge in [-0.3, -0.25) is 4.79 Å². The predicted octanol–water partition coefficient (Wildman–Crippen LogP) is -0.191. The van der Waals surface area contributed by atoms with Gasteiger partial charge in [-0.05, 0) is 12.8 Å². The summed E-state index contributed by atoms with van der Waals surface area (Å²) in [5.74, 6) is -0.265. The van der Waals surface area contributed by atoms with Crippen LogP contribution in [0.25, 0.3) is 0 Å². The SMILES string of the molecule is CCS(=O)(=O)N[C@H](C(=O)N1CCOCC1)C(C)C. The minimum absolute atomic E-state index is 0.0212.